The third-order valence-corrected chi connectivity index (χ3v) is 6.15. The summed E-state index contributed by atoms with van der Waals surface area (Å²) < 4.78 is 22.0. The molecule has 5 rings (SSSR count). The van der Waals surface area contributed by atoms with Crippen molar-refractivity contribution in [2.45, 2.75) is 12.8 Å². The standard InChI is InChI=1S/C25H20ClFN6O3/c1-32-20(5-9-30-32)31-25(35)36-21-13-15(4-8-28-21)18-11-16-6-10-33(23(16)19(27)12-18)22(34)14-17-3-2-7-29-24(17)26/h2-5,7-9,11-13H,6,10,14H2,1H3,(H,31,35). The second-order valence-corrected chi connectivity index (χ2v) is 8.49. The van der Waals surface area contributed by atoms with Crippen molar-refractivity contribution in [3.8, 4) is 17.0 Å². The highest BCUT2D eigenvalue weighted by molar-refractivity contribution is 6.30. The molecule has 1 aliphatic rings. The number of pyridine rings is 2. The second kappa shape index (κ2) is 9.74. The smallest absolute Gasteiger partial charge is 0.391 e. The van der Waals surface area contributed by atoms with Gasteiger partial charge in [-0.2, -0.15) is 5.10 Å². The molecule has 0 spiro atoms. The Kier molecular flexibility index (Phi) is 6.34. The molecule has 9 nitrogen and oxygen atoms in total. The maximum atomic E-state index is 15.3. The van der Waals surface area contributed by atoms with E-state index in [9.17, 15) is 9.59 Å². The third-order valence-electron chi connectivity index (χ3n) is 5.81. The van der Waals surface area contributed by atoms with Gasteiger partial charge in [0.2, 0.25) is 11.8 Å². The van der Waals surface area contributed by atoms with Gasteiger partial charge in [0.05, 0.1) is 18.3 Å². The summed E-state index contributed by atoms with van der Waals surface area (Å²) in [5.41, 5.74) is 2.76. The number of anilines is 2. The zero-order valence-electron chi connectivity index (χ0n) is 19.1. The molecule has 0 saturated heterocycles. The average molecular weight is 507 g/mol. The van der Waals surface area contributed by atoms with Crippen LogP contribution in [0.3, 0.4) is 0 Å². The van der Waals surface area contributed by atoms with E-state index in [0.717, 1.165) is 0 Å². The lowest BCUT2D eigenvalue weighted by Gasteiger charge is -2.19. The van der Waals surface area contributed by atoms with Crippen molar-refractivity contribution < 1.29 is 18.7 Å². The molecule has 0 radical (unpaired) electrons. The Labute approximate surface area is 210 Å². The third kappa shape index (κ3) is 4.76. The van der Waals surface area contributed by atoms with Gasteiger partial charge in [0.25, 0.3) is 0 Å². The van der Waals surface area contributed by atoms with Crippen LogP contribution in [0.2, 0.25) is 5.15 Å². The van der Waals surface area contributed by atoms with Gasteiger partial charge in [0.15, 0.2) is 0 Å². The topological polar surface area (TPSA) is 102 Å². The summed E-state index contributed by atoms with van der Waals surface area (Å²) in [6, 6.07) is 11.5. The summed E-state index contributed by atoms with van der Waals surface area (Å²) in [5, 5.41) is 6.79. The number of carbonyl (C=O) groups is 2. The van der Waals surface area contributed by atoms with Crippen LogP contribution in [0.25, 0.3) is 11.1 Å². The van der Waals surface area contributed by atoms with Crippen LogP contribution in [0.4, 0.5) is 20.7 Å². The summed E-state index contributed by atoms with van der Waals surface area (Å²) in [6.07, 6.45) is 4.37. The van der Waals surface area contributed by atoms with Gasteiger partial charge in [0, 0.05) is 38.1 Å². The Hall–Kier alpha value is -4.31. The van der Waals surface area contributed by atoms with E-state index in [1.165, 1.54) is 21.8 Å². The number of hydrogen-bond acceptors (Lipinski definition) is 6. The Bertz CT molecular complexity index is 1470. The van der Waals surface area contributed by atoms with E-state index in [1.54, 1.807) is 49.8 Å². The first-order valence-electron chi connectivity index (χ1n) is 11.0. The van der Waals surface area contributed by atoms with Gasteiger partial charge >= 0.3 is 6.09 Å². The van der Waals surface area contributed by atoms with Crippen molar-refractivity contribution in [2.75, 3.05) is 16.8 Å². The molecule has 4 aromatic rings. The molecule has 1 aromatic carbocycles. The second-order valence-electron chi connectivity index (χ2n) is 8.13. The van der Waals surface area contributed by atoms with Crippen molar-refractivity contribution in [2.24, 2.45) is 7.05 Å². The number of hydrogen-bond donors (Lipinski definition) is 1. The van der Waals surface area contributed by atoms with Crippen LogP contribution in [-0.2, 0) is 24.7 Å². The molecule has 11 heteroatoms. The predicted octanol–water partition coefficient (Wildman–Crippen LogP) is 4.41. The lowest BCUT2D eigenvalue weighted by Crippen LogP contribution is -2.31. The van der Waals surface area contributed by atoms with E-state index in [0.29, 0.717) is 41.0 Å². The first-order valence-corrected chi connectivity index (χ1v) is 11.4. The van der Waals surface area contributed by atoms with Crippen molar-refractivity contribution in [1.29, 1.82) is 0 Å². The summed E-state index contributed by atoms with van der Waals surface area (Å²) in [5.74, 6) is -0.256. The molecule has 4 heterocycles. The van der Waals surface area contributed by atoms with Crippen LogP contribution in [-0.4, -0.2) is 38.3 Å². The monoisotopic (exact) mass is 506 g/mol. The molecule has 0 bridgehead atoms. The van der Waals surface area contributed by atoms with Crippen LogP contribution in [0.5, 0.6) is 5.88 Å². The Morgan fingerprint density at radius 3 is 2.75 bits per heavy atom. The predicted molar refractivity (Wildman–Crippen MR) is 131 cm³/mol. The van der Waals surface area contributed by atoms with Crippen LogP contribution in [0, 0.1) is 5.82 Å². The molecular formula is C25H20ClFN6O3. The fourth-order valence-corrected chi connectivity index (χ4v) is 4.27. The molecule has 0 aliphatic carbocycles. The summed E-state index contributed by atoms with van der Waals surface area (Å²) in [7, 11) is 1.68. The number of benzene rings is 1. The minimum atomic E-state index is -0.730. The zero-order valence-corrected chi connectivity index (χ0v) is 19.9. The minimum Gasteiger partial charge on any atom is -0.391 e. The average Bonchev–Trinajstić information content (AvgIpc) is 3.47. The van der Waals surface area contributed by atoms with Gasteiger partial charge in [-0.15, -0.1) is 0 Å². The summed E-state index contributed by atoms with van der Waals surface area (Å²) in [4.78, 5) is 34.6. The maximum absolute atomic E-state index is 15.3. The molecule has 182 valence electrons. The fourth-order valence-electron chi connectivity index (χ4n) is 4.08. The molecule has 0 saturated carbocycles. The first-order chi connectivity index (χ1) is 17.4. The molecular weight excluding hydrogens is 487 g/mol. The number of amides is 2. The zero-order chi connectivity index (χ0) is 25.2. The van der Waals surface area contributed by atoms with E-state index >= 15 is 4.39 Å². The number of halogens is 2. The van der Waals surface area contributed by atoms with Gasteiger partial charge in [0.1, 0.15) is 16.8 Å². The van der Waals surface area contributed by atoms with Crippen LogP contribution >= 0.6 is 11.6 Å². The number of aryl methyl sites for hydroxylation is 1. The molecule has 36 heavy (non-hydrogen) atoms. The van der Waals surface area contributed by atoms with Crippen molar-refractivity contribution in [1.82, 2.24) is 19.7 Å². The lowest BCUT2D eigenvalue weighted by molar-refractivity contribution is -0.117. The number of aromatic nitrogens is 4. The highest BCUT2D eigenvalue weighted by atomic mass is 35.5. The summed E-state index contributed by atoms with van der Waals surface area (Å²) >= 11 is 6.08. The van der Waals surface area contributed by atoms with E-state index in [-0.39, 0.29) is 29.0 Å². The number of carbonyl (C=O) groups excluding carboxylic acids is 2. The van der Waals surface area contributed by atoms with Gasteiger partial charge < -0.3 is 9.64 Å². The normalized spacial score (nSPS) is 12.4. The van der Waals surface area contributed by atoms with Gasteiger partial charge in [-0.25, -0.2) is 19.2 Å². The minimum absolute atomic E-state index is 0.0270. The van der Waals surface area contributed by atoms with E-state index in [4.69, 9.17) is 16.3 Å². The first kappa shape index (κ1) is 23.4. The number of nitrogens with one attached hydrogen (secondary N) is 1. The highest BCUT2D eigenvalue weighted by Gasteiger charge is 2.29. The number of nitrogens with zero attached hydrogens (tertiary/aromatic N) is 5. The molecule has 2 amide bonds. The van der Waals surface area contributed by atoms with Crippen molar-refractivity contribution in [3.63, 3.8) is 0 Å². The molecule has 0 fully saturated rings. The Morgan fingerprint density at radius 2 is 1.97 bits per heavy atom. The van der Waals surface area contributed by atoms with Crippen molar-refractivity contribution >= 4 is 35.1 Å². The van der Waals surface area contributed by atoms with E-state index < -0.39 is 11.9 Å². The number of ether oxygens (including phenoxy) is 1. The maximum Gasteiger partial charge on any atom is 0.419 e. The van der Waals surface area contributed by atoms with E-state index in [2.05, 4.69) is 20.4 Å². The fraction of sp³-hybridized carbons (Fsp3) is 0.160. The SMILES string of the molecule is Cn1nccc1NC(=O)Oc1cc(-c2cc(F)c3c(c2)CCN3C(=O)Cc2cccnc2Cl)ccn1. The van der Waals surface area contributed by atoms with Crippen LogP contribution < -0.4 is 15.0 Å². The quantitative estimate of drug-likeness (QED) is 0.402. The van der Waals surface area contributed by atoms with Gasteiger partial charge in [-0.3, -0.25) is 14.8 Å². The molecule has 0 atom stereocenters. The molecule has 3 aromatic heterocycles. The van der Waals surface area contributed by atoms with E-state index in [1.807, 2.05) is 6.07 Å². The Morgan fingerprint density at radius 1 is 1.11 bits per heavy atom. The number of rotatable bonds is 5. The van der Waals surface area contributed by atoms with Gasteiger partial charge in [-0.1, -0.05) is 17.7 Å². The Balaban J connectivity index is 1.34. The number of fused-ring (bicyclic) bond motifs is 1. The van der Waals surface area contributed by atoms with Crippen LogP contribution in [0.1, 0.15) is 11.1 Å². The molecule has 1 N–H and O–H groups in total. The molecule has 0 unspecified atom stereocenters. The summed E-state index contributed by atoms with van der Waals surface area (Å²) in [6.45, 7) is 0.366. The van der Waals surface area contributed by atoms with Gasteiger partial charge in [-0.05, 0) is 52.9 Å². The van der Waals surface area contributed by atoms with Crippen molar-refractivity contribution in [3.05, 3.63) is 83.2 Å². The highest BCUT2D eigenvalue weighted by Crippen LogP contribution is 2.36. The largest absolute Gasteiger partial charge is 0.419 e. The lowest BCUT2D eigenvalue weighted by atomic mass is 10.0. The molecule has 1 aliphatic heterocycles. The van der Waals surface area contributed by atoms with Crippen LogP contribution in [0.15, 0.2) is 61.1 Å².